The third kappa shape index (κ3) is 3.70. The Balaban J connectivity index is 1.74. The maximum Gasteiger partial charge on any atom is 0.0406 e. The van der Waals surface area contributed by atoms with E-state index in [-0.39, 0.29) is 0 Å². The van der Waals surface area contributed by atoms with Crippen molar-refractivity contribution in [3.63, 3.8) is 0 Å². The summed E-state index contributed by atoms with van der Waals surface area (Å²) < 4.78 is 0. The lowest BCUT2D eigenvalue weighted by atomic mass is 10.1. The Bertz CT molecular complexity index is 337. The van der Waals surface area contributed by atoms with Gasteiger partial charge in [0, 0.05) is 17.6 Å². The van der Waals surface area contributed by atoms with E-state index in [4.69, 9.17) is 17.3 Å². The first-order valence-corrected chi connectivity index (χ1v) is 6.86. The van der Waals surface area contributed by atoms with Gasteiger partial charge in [-0.3, -0.25) is 4.90 Å². The molecule has 0 radical (unpaired) electrons. The molecule has 2 N–H and O–H groups in total. The van der Waals surface area contributed by atoms with E-state index in [0.717, 1.165) is 18.0 Å². The number of rotatable bonds is 5. The quantitative estimate of drug-likeness (QED) is 0.873. The Labute approximate surface area is 109 Å². The lowest BCUT2D eigenvalue weighted by molar-refractivity contribution is 0.256. The van der Waals surface area contributed by atoms with Gasteiger partial charge in [-0.2, -0.15) is 0 Å². The van der Waals surface area contributed by atoms with Crippen molar-refractivity contribution >= 4 is 11.6 Å². The second-order valence-electron chi connectivity index (χ2n) is 4.80. The standard InChI is InChI=1S/C14H21ClN2/c15-13-7-5-12(6-8-13)3-1-9-17-10-2-4-14(17)11-16/h5-8,14H,1-4,9-11,16H2. The van der Waals surface area contributed by atoms with E-state index in [1.54, 1.807) is 0 Å². The summed E-state index contributed by atoms with van der Waals surface area (Å²) in [7, 11) is 0. The number of aryl methyl sites for hydroxylation is 1. The van der Waals surface area contributed by atoms with Crippen molar-refractivity contribution in [2.45, 2.75) is 31.7 Å². The molecule has 17 heavy (non-hydrogen) atoms. The molecule has 0 aromatic heterocycles. The molecule has 0 aliphatic carbocycles. The Morgan fingerprint density at radius 2 is 2.06 bits per heavy atom. The van der Waals surface area contributed by atoms with E-state index >= 15 is 0 Å². The van der Waals surface area contributed by atoms with Crippen molar-refractivity contribution in [3.05, 3.63) is 34.9 Å². The van der Waals surface area contributed by atoms with Crippen LogP contribution in [0.15, 0.2) is 24.3 Å². The van der Waals surface area contributed by atoms with Crippen LogP contribution >= 0.6 is 11.6 Å². The average molecular weight is 253 g/mol. The van der Waals surface area contributed by atoms with E-state index in [0.29, 0.717) is 6.04 Å². The Morgan fingerprint density at radius 1 is 1.29 bits per heavy atom. The maximum atomic E-state index is 5.87. The molecule has 0 amide bonds. The van der Waals surface area contributed by atoms with Crippen molar-refractivity contribution in [1.82, 2.24) is 4.90 Å². The van der Waals surface area contributed by atoms with Gasteiger partial charge in [-0.15, -0.1) is 0 Å². The van der Waals surface area contributed by atoms with E-state index in [1.165, 1.54) is 37.9 Å². The van der Waals surface area contributed by atoms with Crippen LogP contribution in [0.25, 0.3) is 0 Å². The molecule has 1 heterocycles. The normalized spacial score (nSPS) is 20.9. The molecular weight excluding hydrogens is 232 g/mol. The zero-order chi connectivity index (χ0) is 12.1. The molecule has 1 aliphatic rings. The predicted molar refractivity (Wildman–Crippen MR) is 73.4 cm³/mol. The molecule has 2 nitrogen and oxygen atoms in total. The summed E-state index contributed by atoms with van der Waals surface area (Å²) in [4.78, 5) is 2.54. The molecular formula is C14H21ClN2. The van der Waals surface area contributed by atoms with Crippen LogP contribution in [-0.4, -0.2) is 30.6 Å². The van der Waals surface area contributed by atoms with Crippen molar-refractivity contribution < 1.29 is 0 Å². The van der Waals surface area contributed by atoms with E-state index < -0.39 is 0 Å². The smallest absolute Gasteiger partial charge is 0.0406 e. The first-order valence-electron chi connectivity index (χ1n) is 6.48. The van der Waals surface area contributed by atoms with Crippen molar-refractivity contribution in [2.24, 2.45) is 5.73 Å². The summed E-state index contributed by atoms with van der Waals surface area (Å²) in [5.41, 5.74) is 7.14. The highest BCUT2D eigenvalue weighted by atomic mass is 35.5. The lowest BCUT2D eigenvalue weighted by Gasteiger charge is -2.22. The van der Waals surface area contributed by atoms with Crippen LogP contribution in [0.5, 0.6) is 0 Å². The summed E-state index contributed by atoms with van der Waals surface area (Å²) in [6.07, 6.45) is 4.92. The largest absolute Gasteiger partial charge is 0.329 e. The molecule has 1 fully saturated rings. The molecule has 0 saturated carbocycles. The Morgan fingerprint density at radius 3 is 2.76 bits per heavy atom. The number of halogens is 1. The van der Waals surface area contributed by atoms with Gasteiger partial charge in [-0.1, -0.05) is 23.7 Å². The monoisotopic (exact) mass is 252 g/mol. The molecule has 2 rings (SSSR count). The Kier molecular flexibility index (Phi) is 4.84. The molecule has 94 valence electrons. The molecule has 3 heteroatoms. The fourth-order valence-corrected chi connectivity index (χ4v) is 2.72. The van der Waals surface area contributed by atoms with E-state index in [2.05, 4.69) is 17.0 Å². The summed E-state index contributed by atoms with van der Waals surface area (Å²) in [6.45, 7) is 3.20. The van der Waals surface area contributed by atoms with Gasteiger partial charge in [-0.25, -0.2) is 0 Å². The molecule has 1 atom stereocenters. The van der Waals surface area contributed by atoms with Gasteiger partial charge in [-0.05, 0) is 56.5 Å². The van der Waals surface area contributed by atoms with Crippen LogP contribution in [0.2, 0.25) is 5.02 Å². The zero-order valence-corrected chi connectivity index (χ0v) is 11.0. The van der Waals surface area contributed by atoms with Gasteiger partial charge in [0.15, 0.2) is 0 Å². The molecule has 1 aliphatic heterocycles. The lowest BCUT2D eigenvalue weighted by Crippen LogP contribution is -2.36. The third-order valence-electron chi connectivity index (χ3n) is 3.60. The minimum absolute atomic E-state index is 0.625. The zero-order valence-electron chi connectivity index (χ0n) is 10.2. The first kappa shape index (κ1) is 12.9. The van der Waals surface area contributed by atoms with Gasteiger partial charge in [0.05, 0.1) is 0 Å². The van der Waals surface area contributed by atoms with Crippen LogP contribution < -0.4 is 5.73 Å². The van der Waals surface area contributed by atoms with E-state index in [1.807, 2.05) is 12.1 Å². The summed E-state index contributed by atoms with van der Waals surface area (Å²) >= 11 is 5.87. The van der Waals surface area contributed by atoms with Crippen molar-refractivity contribution in [3.8, 4) is 0 Å². The summed E-state index contributed by atoms with van der Waals surface area (Å²) in [5, 5.41) is 0.816. The van der Waals surface area contributed by atoms with Gasteiger partial charge in [0.1, 0.15) is 0 Å². The molecule has 0 spiro atoms. The van der Waals surface area contributed by atoms with Gasteiger partial charge >= 0.3 is 0 Å². The number of benzene rings is 1. The van der Waals surface area contributed by atoms with E-state index in [9.17, 15) is 0 Å². The molecule has 1 aromatic rings. The van der Waals surface area contributed by atoms with Crippen LogP contribution in [0, 0.1) is 0 Å². The number of hydrogen-bond acceptors (Lipinski definition) is 2. The minimum atomic E-state index is 0.625. The number of likely N-dealkylation sites (tertiary alicyclic amines) is 1. The summed E-state index contributed by atoms with van der Waals surface area (Å²) in [6, 6.07) is 8.80. The first-order chi connectivity index (χ1) is 8.29. The average Bonchev–Trinajstić information content (AvgIpc) is 2.79. The second kappa shape index (κ2) is 6.39. The van der Waals surface area contributed by atoms with Gasteiger partial charge < -0.3 is 5.73 Å². The fourth-order valence-electron chi connectivity index (χ4n) is 2.59. The topological polar surface area (TPSA) is 29.3 Å². The van der Waals surface area contributed by atoms with Crippen LogP contribution in [0.1, 0.15) is 24.8 Å². The highest BCUT2D eigenvalue weighted by molar-refractivity contribution is 6.30. The minimum Gasteiger partial charge on any atom is -0.329 e. The van der Waals surface area contributed by atoms with Gasteiger partial charge in [0.25, 0.3) is 0 Å². The van der Waals surface area contributed by atoms with Crippen LogP contribution in [-0.2, 0) is 6.42 Å². The highest BCUT2D eigenvalue weighted by Crippen LogP contribution is 2.17. The van der Waals surface area contributed by atoms with Gasteiger partial charge in [0.2, 0.25) is 0 Å². The molecule has 1 unspecified atom stereocenters. The number of nitrogens with two attached hydrogens (primary N) is 1. The SMILES string of the molecule is NCC1CCCN1CCCc1ccc(Cl)cc1. The third-order valence-corrected chi connectivity index (χ3v) is 3.85. The number of nitrogens with zero attached hydrogens (tertiary/aromatic N) is 1. The Hall–Kier alpha value is -0.570. The van der Waals surface area contributed by atoms with Crippen LogP contribution in [0.3, 0.4) is 0 Å². The second-order valence-corrected chi connectivity index (χ2v) is 5.23. The predicted octanol–water partition coefficient (Wildman–Crippen LogP) is 2.70. The van der Waals surface area contributed by atoms with Crippen molar-refractivity contribution in [2.75, 3.05) is 19.6 Å². The highest BCUT2D eigenvalue weighted by Gasteiger charge is 2.21. The molecule has 1 saturated heterocycles. The fraction of sp³-hybridized carbons (Fsp3) is 0.571. The van der Waals surface area contributed by atoms with Crippen LogP contribution in [0.4, 0.5) is 0 Å². The van der Waals surface area contributed by atoms with Crippen molar-refractivity contribution in [1.29, 1.82) is 0 Å². The molecule has 0 bridgehead atoms. The number of hydrogen-bond donors (Lipinski definition) is 1. The summed E-state index contributed by atoms with van der Waals surface area (Å²) in [5.74, 6) is 0. The maximum absolute atomic E-state index is 5.87. The molecule has 1 aromatic carbocycles.